The molecule has 21 heavy (non-hydrogen) atoms. The van der Waals surface area contributed by atoms with E-state index in [1.807, 2.05) is 19.3 Å². The topological polar surface area (TPSA) is 98.8 Å². The summed E-state index contributed by atoms with van der Waals surface area (Å²) in [5.74, 6) is 0.550. The van der Waals surface area contributed by atoms with E-state index < -0.39 is 4.92 Å². The van der Waals surface area contributed by atoms with Crippen LogP contribution in [-0.4, -0.2) is 24.7 Å². The molecule has 0 aliphatic carbocycles. The van der Waals surface area contributed by atoms with Crippen molar-refractivity contribution in [2.24, 2.45) is 7.05 Å². The molecule has 2 aromatic heterocycles. The Kier molecular flexibility index (Phi) is 3.19. The predicted octanol–water partition coefficient (Wildman–Crippen LogP) is 1.88. The van der Waals surface area contributed by atoms with Gasteiger partial charge in [0.15, 0.2) is 0 Å². The summed E-state index contributed by atoms with van der Waals surface area (Å²) >= 11 is 0. The van der Waals surface area contributed by atoms with Gasteiger partial charge in [0.25, 0.3) is 5.69 Å². The largest absolute Gasteiger partial charge is 0.364 e. The van der Waals surface area contributed by atoms with Gasteiger partial charge in [-0.25, -0.2) is 9.97 Å². The maximum Gasteiger partial charge on any atom is 0.270 e. The molecule has 3 rings (SSSR count). The van der Waals surface area contributed by atoms with Crippen LogP contribution in [0.25, 0.3) is 10.9 Å². The Bertz CT molecular complexity index is 813. The van der Waals surface area contributed by atoms with Gasteiger partial charge in [-0.05, 0) is 12.1 Å². The number of anilines is 1. The van der Waals surface area contributed by atoms with Gasteiger partial charge in [0.1, 0.15) is 12.1 Å². The third kappa shape index (κ3) is 2.64. The van der Waals surface area contributed by atoms with Crippen molar-refractivity contribution < 1.29 is 4.92 Å². The number of hydrogen-bond donors (Lipinski definition) is 1. The number of hydrogen-bond acceptors (Lipinski definition) is 6. The number of aryl methyl sites for hydroxylation is 1. The van der Waals surface area contributed by atoms with Crippen molar-refractivity contribution in [1.29, 1.82) is 0 Å². The molecule has 0 saturated carbocycles. The summed E-state index contributed by atoms with van der Waals surface area (Å²) in [6.45, 7) is 0.482. The van der Waals surface area contributed by atoms with Gasteiger partial charge in [-0.2, -0.15) is 5.10 Å². The molecule has 8 nitrogen and oxygen atoms in total. The van der Waals surface area contributed by atoms with Crippen LogP contribution in [0.2, 0.25) is 0 Å². The Morgan fingerprint density at radius 3 is 2.90 bits per heavy atom. The van der Waals surface area contributed by atoms with Crippen molar-refractivity contribution in [3.8, 4) is 0 Å². The first-order valence-electron chi connectivity index (χ1n) is 6.25. The maximum atomic E-state index is 10.9. The van der Waals surface area contributed by atoms with Gasteiger partial charge in [-0.15, -0.1) is 0 Å². The average Bonchev–Trinajstić information content (AvgIpc) is 2.90. The van der Waals surface area contributed by atoms with E-state index in [4.69, 9.17) is 0 Å². The summed E-state index contributed by atoms with van der Waals surface area (Å²) in [4.78, 5) is 18.7. The highest BCUT2D eigenvalue weighted by Crippen LogP contribution is 2.24. The number of non-ortho nitro benzene ring substituents is 1. The second kappa shape index (κ2) is 5.16. The SMILES string of the molecule is Cn1ccc(CNc2ncnc3ccc([N+](=O)[O-])cc23)n1. The third-order valence-electron chi connectivity index (χ3n) is 3.04. The number of benzene rings is 1. The minimum absolute atomic E-state index is 0.0122. The zero-order chi connectivity index (χ0) is 14.8. The number of nitrogens with zero attached hydrogens (tertiary/aromatic N) is 5. The van der Waals surface area contributed by atoms with Crippen LogP contribution < -0.4 is 5.32 Å². The lowest BCUT2D eigenvalue weighted by molar-refractivity contribution is -0.384. The molecule has 0 atom stereocenters. The first-order valence-corrected chi connectivity index (χ1v) is 6.25. The summed E-state index contributed by atoms with van der Waals surface area (Å²) in [6.07, 6.45) is 3.27. The molecule has 8 heteroatoms. The van der Waals surface area contributed by atoms with Crippen LogP contribution >= 0.6 is 0 Å². The van der Waals surface area contributed by atoms with Crippen molar-refractivity contribution in [2.75, 3.05) is 5.32 Å². The maximum absolute atomic E-state index is 10.9. The van der Waals surface area contributed by atoms with Crippen LogP contribution in [0.1, 0.15) is 5.69 Å². The first kappa shape index (κ1) is 13.0. The second-order valence-corrected chi connectivity index (χ2v) is 4.52. The molecule has 106 valence electrons. The lowest BCUT2D eigenvalue weighted by Crippen LogP contribution is -2.04. The van der Waals surface area contributed by atoms with Crippen LogP contribution in [0.5, 0.6) is 0 Å². The standard InChI is InChI=1S/C13H12N6O2/c1-18-5-4-9(17-18)7-14-13-11-6-10(19(20)21)2-3-12(11)15-8-16-13/h2-6,8H,7H2,1H3,(H,14,15,16). The molecule has 1 aromatic carbocycles. The van der Waals surface area contributed by atoms with E-state index in [-0.39, 0.29) is 5.69 Å². The smallest absolute Gasteiger partial charge is 0.270 e. The van der Waals surface area contributed by atoms with Crippen molar-refractivity contribution >= 4 is 22.4 Å². The summed E-state index contributed by atoms with van der Waals surface area (Å²) < 4.78 is 1.71. The lowest BCUT2D eigenvalue weighted by Gasteiger charge is -2.06. The van der Waals surface area contributed by atoms with Crippen LogP contribution in [0, 0.1) is 10.1 Å². The van der Waals surface area contributed by atoms with Crippen LogP contribution in [0.4, 0.5) is 11.5 Å². The molecule has 0 aliphatic rings. The number of nitro groups is 1. The first-order chi connectivity index (χ1) is 10.1. The molecule has 1 N–H and O–H groups in total. The van der Waals surface area contributed by atoms with Crippen molar-refractivity contribution in [3.05, 3.63) is 52.6 Å². The molecule has 0 saturated heterocycles. The van der Waals surface area contributed by atoms with E-state index in [0.717, 1.165) is 5.69 Å². The van der Waals surface area contributed by atoms with Crippen molar-refractivity contribution in [1.82, 2.24) is 19.7 Å². The Labute approximate surface area is 119 Å². The molecule has 3 aromatic rings. The highest BCUT2D eigenvalue weighted by molar-refractivity contribution is 5.90. The highest BCUT2D eigenvalue weighted by atomic mass is 16.6. The van der Waals surface area contributed by atoms with E-state index in [0.29, 0.717) is 23.3 Å². The third-order valence-corrected chi connectivity index (χ3v) is 3.04. The van der Waals surface area contributed by atoms with E-state index >= 15 is 0 Å². The van der Waals surface area contributed by atoms with Gasteiger partial charge >= 0.3 is 0 Å². The fraction of sp³-hybridized carbons (Fsp3) is 0.154. The fourth-order valence-corrected chi connectivity index (χ4v) is 2.03. The summed E-state index contributed by atoms with van der Waals surface area (Å²) in [5.41, 5.74) is 1.52. The van der Waals surface area contributed by atoms with Crippen LogP contribution in [-0.2, 0) is 13.6 Å². The van der Waals surface area contributed by atoms with Crippen LogP contribution in [0.15, 0.2) is 36.8 Å². The number of nitrogens with one attached hydrogen (secondary N) is 1. The number of fused-ring (bicyclic) bond motifs is 1. The predicted molar refractivity (Wildman–Crippen MR) is 76.7 cm³/mol. The zero-order valence-electron chi connectivity index (χ0n) is 11.2. The van der Waals surface area contributed by atoms with E-state index in [1.165, 1.54) is 18.5 Å². The molecular weight excluding hydrogens is 272 g/mol. The van der Waals surface area contributed by atoms with Gasteiger partial charge in [-0.3, -0.25) is 14.8 Å². The Balaban J connectivity index is 1.93. The molecule has 0 amide bonds. The monoisotopic (exact) mass is 284 g/mol. The summed E-state index contributed by atoms with van der Waals surface area (Å²) in [6, 6.07) is 6.40. The molecule has 2 heterocycles. The summed E-state index contributed by atoms with van der Waals surface area (Å²) in [7, 11) is 1.84. The number of rotatable bonds is 4. The average molecular weight is 284 g/mol. The summed E-state index contributed by atoms with van der Waals surface area (Å²) in [5, 5.41) is 18.9. The van der Waals surface area contributed by atoms with Crippen molar-refractivity contribution in [3.63, 3.8) is 0 Å². The van der Waals surface area contributed by atoms with Gasteiger partial charge in [-0.1, -0.05) is 0 Å². The fourth-order valence-electron chi connectivity index (χ4n) is 2.03. The van der Waals surface area contributed by atoms with Crippen LogP contribution in [0.3, 0.4) is 0 Å². The number of nitro benzene ring substituents is 1. The normalized spacial score (nSPS) is 10.7. The van der Waals surface area contributed by atoms with Gasteiger partial charge in [0, 0.05) is 30.8 Å². The van der Waals surface area contributed by atoms with Gasteiger partial charge in [0.2, 0.25) is 0 Å². The Hall–Kier alpha value is -3.03. The molecule has 0 spiro atoms. The minimum Gasteiger partial charge on any atom is -0.364 e. The quantitative estimate of drug-likeness (QED) is 0.580. The van der Waals surface area contributed by atoms with E-state index in [1.54, 1.807) is 10.7 Å². The molecule has 0 fully saturated rings. The zero-order valence-corrected chi connectivity index (χ0v) is 11.2. The van der Waals surface area contributed by atoms with E-state index in [9.17, 15) is 10.1 Å². The van der Waals surface area contributed by atoms with E-state index in [2.05, 4.69) is 20.4 Å². The molecule has 0 bridgehead atoms. The Morgan fingerprint density at radius 2 is 2.19 bits per heavy atom. The van der Waals surface area contributed by atoms with Crippen molar-refractivity contribution in [2.45, 2.75) is 6.54 Å². The number of aromatic nitrogens is 4. The molecule has 0 unspecified atom stereocenters. The van der Waals surface area contributed by atoms with Gasteiger partial charge < -0.3 is 5.32 Å². The van der Waals surface area contributed by atoms with Gasteiger partial charge in [0.05, 0.1) is 22.7 Å². The Morgan fingerprint density at radius 1 is 1.33 bits per heavy atom. The minimum atomic E-state index is -0.436. The molecular formula is C13H12N6O2. The molecule has 0 aliphatic heterocycles. The lowest BCUT2D eigenvalue weighted by atomic mass is 10.2. The highest BCUT2D eigenvalue weighted by Gasteiger charge is 2.10. The molecule has 0 radical (unpaired) electrons. The second-order valence-electron chi connectivity index (χ2n) is 4.52.